The number of carbonyl (C=O) groups excluding carboxylic acids is 1. The molecule has 0 aliphatic rings. The van der Waals surface area contributed by atoms with Crippen LogP contribution in [0.1, 0.15) is 31.5 Å². The molecule has 0 aliphatic carbocycles. The molecule has 6 heteroatoms. The summed E-state index contributed by atoms with van der Waals surface area (Å²) in [6.07, 6.45) is 4.41. The predicted octanol–water partition coefficient (Wildman–Crippen LogP) is 3.86. The second kappa shape index (κ2) is 8.58. The second-order valence-corrected chi connectivity index (χ2v) is 6.23. The normalized spacial score (nSPS) is 10.8. The Balaban J connectivity index is 2.00. The molecule has 3 rings (SSSR count). The molecule has 0 bridgehead atoms. The maximum Gasteiger partial charge on any atom is 0.215 e. The minimum atomic E-state index is 0.453. The lowest BCUT2D eigenvalue weighted by molar-refractivity contribution is -0.107. The summed E-state index contributed by atoms with van der Waals surface area (Å²) in [7, 11) is 1.64. The number of ether oxygens (including phenoxy) is 2. The molecular weight excluding hydrogens is 342 g/mol. The Bertz CT molecular complexity index is 903. The van der Waals surface area contributed by atoms with Gasteiger partial charge >= 0.3 is 0 Å². The highest BCUT2D eigenvalue weighted by Gasteiger charge is 2.19. The van der Waals surface area contributed by atoms with Gasteiger partial charge in [0, 0.05) is 6.20 Å². The van der Waals surface area contributed by atoms with Crippen molar-refractivity contribution >= 4 is 17.9 Å². The van der Waals surface area contributed by atoms with Gasteiger partial charge in [0.2, 0.25) is 6.41 Å². The standard InChI is InChI=1S/C21H25N3O3/c1-4-13-27-19-7-6-12-24-20(19)22-18(5-2)21(24)23(15-25)14-16-8-10-17(26-3)11-9-16/h6-12,15H,4-5,13-14H2,1-3H3. The first kappa shape index (κ1) is 18.8. The number of hydrogen-bond acceptors (Lipinski definition) is 4. The van der Waals surface area contributed by atoms with Crippen LogP contribution in [0.25, 0.3) is 5.65 Å². The number of hydrogen-bond donors (Lipinski definition) is 0. The van der Waals surface area contributed by atoms with Gasteiger partial charge in [-0.25, -0.2) is 4.98 Å². The molecule has 1 aromatic carbocycles. The van der Waals surface area contributed by atoms with Gasteiger partial charge in [-0.05, 0) is 42.7 Å². The number of rotatable bonds is 9. The molecule has 3 aromatic rings. The van der Waals surface area contributed by atoms with Gasteiger partial charge in [0.1, 0.15) is 11.6 Å². The highest BCUT2D eigenvalue weighted by molar-refractivity contribution is 5.77. The van der Waals surface area contributed by atoms with Gasteiger partial charge in [0.15, 0.2) is 11.4 Å². The van der Waals surface area contributed by atoms with Crippen LogP contribution >= 0.6 is 0 Å². The monoisotopic (exact) mass is 367 g/mol. The molecule has 1 amide bonds. The molecule has 27 heavy (non-hydrogen) atoms. The number of fused-ring (bicyclic) bond motifs is 1. The molecule has 2 aromatic heterocycles. The Labute approximate surface area is 159 Å². The lowest BCUT2D eigenvalue weighted by Gasteiger charge is -2.19. The molecule has 142 valence electrons. The van der Waals surface area contributed by atoms with Gasteiger partial charge in [0.25, 0.3) is 0 Å². The Kier molecular flexibility index (Phi) is 5.96. The van der Waals surface area contributed by atoms with Crippen molar-refractivity contribution in [2.45, 2.75) is 33.2 Å². The zero-order chi connectivity index (χ0) is 19.2. The van der Waals surface area contributed by atoms with Crippen LogP contribution in [0.15, 0.2) is 42.6 Å². The Morgan fingerprint density at radius 2 is 1.96 bits per heavy atom. The third-order valence-corrected chi connectivity index (χ3v) is 4.37. The van der Waals surface area contributed by atoms with Crippen LogP contribution in [0.5, 0.6) is 11.5 Å². The fraction of sp³-hybridized carbons (Fsp3) is 0.333. The summed E-state index contributed by atoms with van der Waals surface area (Å²) < 4.78 is 13.0. The molecule has 0 saturated heterocycles. The quantitative estimate of drug-likeness (QED) is 0.539. The minimum Gasteiger partial charge on any atom is -0.497 e. The highest BCUT2D eigenvalue weighted by Crippen LogP contribution is 2.29. The average molecular weight is 367 g/mol. The van der Waals surface area contributed by atoms with Crippen molar-refractivity contribution in [1.29, 1.82) is 0 Å². The van der Waals surface area contributed by atoms with Gasteiger partial charge in [-0.3, -0.25) is 14.1 Å². The first-order valence-electron chi connectivity index (χ1n) is 9.19. The molecule has 0 N–H and O–H groups in total. The average Bonchev–Trinajstić information content (AvgIpc) is 3.10. The van der Waals surface area contributed by atoms with Crippen LogP contribution in [0.2, 0.25) is 0 Å². The Morgan fingerprint density at radius 3 is 2.59 bits per heavy atom. The third kappa shape index (κ3) is 3.89. The fourth-order valence-corrected chi connectivity index (χ4v) is 3.03. The van der Waals surface area contributed by atoms with Crippen LogP contribution in [0.4, 0.5) is 5.82 Å². The summed E-state index contributed by atoms with van der Waals surface area (Å²) in [5.74, 6) is 2.30. The van der Waals surface area contributed by atoms with E-state index < -0.39 is 0 Å². The van der Waals surface area contributed by atoms with E-state index in [2.05, 4.69) is 6.92 Å². The number of aromatic nitrogens is 2. The van der Waals surface area contributed by atoms with Crippen molar-refractivity contribution in [2.75, 3.05) is 18.6 Å². The first-order chi connectivity index (χ1) is 13.2. The van der Waals surface area contributed by atoms with Crippen LogP contribution < -0.4 is 14.4 Å². The summed E-state index contributed by atoms with van der Waals surface area (Å²) in [5.41, 5.74) is 2.61. The number of anilines is 1. The van der Waals surface area contributed by atoms with Crippen molar-refractivity contribution in [1.82, 2.24) is 9.38 Å². The van der Waals surface area contributed by atoms with E-state index >= 15 is 0 Å². The lowest BCUT2D eigenvalue weighted by Crippen LogP contribution is -2.23. The second-order valence-electron chi connectivity index (χ2n) is 6.23. The number of imidazole rings is 1. The molecular formula is C21H25N3O3. The molecule has 6 nitrogen and oxygen atoms in total. The van der Waals surface area contributed by atoms with E-state index in [4.69, 9.17) is 14.5 Å². The van der Waals surface area contributed by atoms with Crippen molar-refractivity contribution < 1.29 is 14.3 Å². The maximum absolute atomic E-state index is 11.9. The van der Waals surface area contributed by atoms with Gasteiger partial charge in [0.05, 0.1) is 26.0 Å². The predicted molar refractivity (Wildman–Crippen MR) is 106 cm³/mol. The number of aryl methyl sites for hydroxylation is 1. The molecule has 0 radical (unpaired) electrons. The number of nitrogens with zero attached hydrogens (tertiary/aromatic N) is 3. The summed E-state index contributed by atoms with van der Waals surface area (Å²) >= 11 is 0. The third-order valence-electron chi connectivity index (χ3n) is 4.37. The van der Waals surface area contributed by atoms with E-state index in [-0.39, 0.29) is 0 Å². The van der Waals surface area contributed by atoms with E-state index in [0.717, 1.165) is 53.5 Å². The lowest BCUT2D eigenvalue weighted by atomic mass is 10.2. The smallest absolute Gasteiger partial charge is 0.215 e. The number of pyridine rings is 1. The topological polar surface area (TPSA) is 56.1 Å². The highest BCUT2D eigenvalue weighted by atomic mass is 16.5. The molecule has 0 fully saturated rings. The van der Waals surface area contributed by atoms with Crippen LogP contribution in [0.3, 0.4) is 0 Å². The largest absolute Gasteiger partial charge is 0.497 e. The number of carbonyl (C=O) groups is 1. The van der Waals surface area contributed by atoms with E-state index in [9.17, 15) is 4.79 Å². The van der Waals surface area contributed by atoms with Gasteiger partial charge < -0.3 is 9.47 Å². The molecule has 0 atom stereocenters. The Morgan fingerprint density at radius 1 is 1.19 bits per heavy atom. The van der Waals surface area contributed by atoms with E-state index in [1.807, 2.05) is 53.9 Å². The summed E-state index contributed by atoms with van der Waals surface area (Å²) in [6.45, 7) is 5.19. The van der Waals surface area contributed by atoms with Gasteiger partial charge in [-0.15, -0.1) is 0 Å². The van der Waals surface area contributed by atoms with Gasteiger partial charge in [-0.1, -0.05) is 26.0 Å². The van der Waals surface area contributed by atoms with Crippen molar-refractivity contribution in [3.63, 3.8) is 0 Å². The molecule has 0 spiro atoms. The Hall–Kier alpha value is -3.02. The van der Waals surface area contributed by atoms with Crippen LogP contribution in [-0.2, 0) is 17.8 Å². The van der Waals surface area contributed by atoms with Gasteiger partial charge in [-0.2, -0.15) is 0 Å². The van der Waals surface area contributed by atoms with Crippen LogP contribution in [-0.4, -0.2) is 29.5 Å². The van der Waals surface area contributed by atoms with Crippen molar-refractivity contribution in [3.8, 4) is 11.5 Å². The minimum absolute atomic E-state index is 0.453. The molecule has 0 aliphatic heterocycles. The zero-order valence-electron chi connectivity index (χ0n) is 16.0. The van der Waals surface area contributed by atoms with Crippen molar-refractivity contribution in [3.05, 3.63) is 53.9 Å². The number of benzene rings is 1. The zero-order valence-corrected chi connectivity index (χ0v) is 16.0. The van der Waals surface area contributed by atoms with E-state index in [0.29, 0.717) is 13.2 Å². The number of amides is 1. The molecule has 0 saturated carbocycles. The number of methoxy groups -OCH3 is 1. The van der Waals surface area contributed by atoms with E-state index in [1.165, 1.54) is 0 Å². The first-order valence-corrected chi connectivity index (χ1v) is 9.19. The summed E-state index contributed by atoms with van der Waals surface area (Å²) in [6, 6.07) is 11.5. The van der Waals surface area contributed by atoms with Crippen LogP contribution in [0, 0.1) is 0 Å². The summed E-state index contributed by atoms with van der Waals surface area (Å²) in [4.78, 5) is 18.4. The summed E-state index contributed by atoms with van der Waals surface area (Å²) in [5, 5.41) is 0. The van der Waals surface area contributed by atoms with Crippen molar-refractivity contribution in [2.24, 2.45) is 0 Å². The van der Waals surface area contributed by atoms with E-state index in [1.54, 1.807) is 12.0 Å². The maximum atomic E-state index is 11.9. The fourth-order valence-electron chi connectivity index (χ4n) is 3.03. The molecule has 2 heterocycles. The molecule has 0 unspecified atom stereocenters. The SMILES string of the molecule is CCCOc1cccn2c(N(C=O)Cc3ccc(OC)cc3)c(CC)nc12.